The fourth-order valence-corrected chi connectivity index (χ4v) is 2.41. The van der Waals surface area contributed by atoms with Gasteiger partial charge in [-0.25, -0.2) is 9.36 Å². The number of carboxylic acid groups (broad SMARTS) is 1. The van der Waals surface area contributed by atoms with Crippen molar-refractivity contribution in [2.24, 2.45) is 0 Å². The van der Waals surface area contributed by atoms with Gasteiger partial charge in [-0.1, -0.05) is 0 Å². The van der Waals surface area contributed by atoms with Gasteiger partial charge in [-0.15, -0.1) is 0 Å². The van der Waals surface area contributed by atoms with Gasteiger partial charge in [0.1, 0.15) is 6.04 Å². The molecule has 0 aliphatic carbocycles. The summed E-state index contributed by atoms with van der Waals surface area (Å²) in [5, 5.41) is 8.51. The zero-order valence-corrected chi connectivity index (χ0v) is 7.65. The Morgan fingerprint density at radius 1 is 1.42 bits per heavy atom. The molecular formula is C5H5NO4S2. The number of rotatable bonds is 2. The maximum Gasteiger partial charge on any atom is 0.326 e. The van der Waals surface area contributed by atoms with Gasteiger partial charge in [0, 0.05) is 0 Å². The van der Waals surface area contributed by atoms with Crippen molar-refractivity contribution in [3.63, 3.8) is 0 Å². The smallest absolute Gasteiger partial charge is 0.326 e. The van der Waals surface area contributed by atoms with Gasteiger partial charge in [-0.2, -0.15) is 0 Å². The number of hydrogen-bond acceptors (Lipinski definition) is 5. The summed E-state index contributed by atoms with van der Waals surface area (Å²) < 4.78 is 0.734. The molecule has 0 saturated carbocycles. The van der Waals surface area contributed by atoms with E-state index in [4.69, 9.17) is 5.11 Å². The van der Waals surface area contributed by atoms with Gasteiger partial charge in [0.15, 0.2) is 0 Å². The summed E-state index contributed by atoms with van der Waals surface area (Å²) in [6, 6.07) is -1.08. The molecule has 0 spiro atoms. The first kappa shape index (κ1) is 9.14. The SMILES string of the molecule is C[C@H](C(=O)O)n1c(=O)ssc1=O. The average molecular weight is 207 g/mol. The van der Waals surface area contributed by atoms with Crippen LogP contribution in [0.4, 0.5) is 0 Å². The molecule has 0 aromatic carbocycles. The Bertz CT molecular complexity index is 373. The van der Waals surface area contributed by atoms with Crippen molar-refractivity contribution in [1.29, 1.82) is 0 Å². The van der Waals surface area contributed by atoms with Crippen molar-refractivity contribution in [2.75, 3.05) is 0 Å². The van der Waals surface area contributed by atoms with Crippen LogP contribution in [0.25, 0.3) is 0 Å². The molecule has 0 saturated heterocycles. The molecule has 0 amide bonds. The van der Waals surface area contributed by atoms with Gasteiger partial charge in [0.05, 0.1) is 0 Å². The third kappa shape index (κ3) is 1.46. The molecule has 1 atom stereocenters. The second-order valence-corrected chi connectivity index (χ2v) is 4.11. The number of carbonyl (C=O) groups is 1. The Labute approximate surface area is 73.9 Å². The van der Waals surface area contributed by atoms with Gasteiger partial charge < -0.3 is 5.11 Å². The van der Waals surface area contributed by atoms with Crippen molar-refractivity contribution in [3.05, 3.63) is 19.3 Å². The first-order valence-electron chi connectivity index (χ1n) is 2.98. The minimum atomic E-state index is -1.18. The summed E-state index contributed by atoms with van der Waals surface area (Å²) in [4.78, 5) is 31.2. The fraction of sp³-hybridized carbons (Fsp3) is 0.400. The highest BCUT2D eigenvalue weighted by atomic mass is 32.9. The molecule has 0 bridgehead atoms. The monoisotopic (exact) mass is 207 g/mol. The van der Waals surface area contributed by atoms with E-state index in [-0.39, 0.29) is 0 Å². The van der Waals surface area contributed by atoms with E-state index in [1.165, 1.54) is 6.92 Å². The molecule has 1 aromatic heterocycles. The topological polar surface area (TPSA) is 76.4 Å². The standard InChI is InChI=1S/C5H5NO4S2/c1-2(3(7)8)6-4(9)11-12-5(6)10/h2H,1H3,(H,7,8)/t2-/m1/s1. The molecule has 1 rings (SSSR count). The van der Waals surface area contributed by atoms with Crippen LogP contribution in [0.3, 0.4) is 0 Å². The van der Waals surface area contributed by atoms with Crippen LogP contribution in [0.1, 0.15) is 13.0 Å². The van der Waals surface area contributed by atoms with E-state index < -0.39 is 21.8 Å². The lowest BCUT2D eigenvalue weighted by molar-refractivity contribution is -0.140. The number of hydrogen-bond donors (Lipinski definition) is 1. The Kier molecular flexibility index (Phi) is 2.43. The Morgan fingerprint density at radius 2 is 1.83 bits per heavy atom. The highest BCUT2D eigenvalue weighted by Crippen LogP contribution is 2.01. The quantitative estimate of drug-likeness (QED) is 0.691. The molecule has 12 heavy (non-hydrogen) atoms. The molecule has 1 heterocycles. The predicted molar refractivity (Wildman–Crippen MR) is 45.1 cm³/mol. The highest BCUT2D eigenvalue weighted by Gasteiger charge is 2.18. The molecule has 7 heteroatoms. The average Bonchev–Trinajstić information content (AvgIpc) is 2.30. The largest absolute Gasteiger partial charge is 0.480 e. The Hall–Kier alpha value is -0.950. The number of aliphatic carboxylic acids is 1. The van der Waals surface area contributed by atoms with Gasteiger partial charge in [0.2, 0.25) is 0 Å². The van der Waals surface area contributed by atoms with Crippen molar-refractivity contribution < 1.29 is 9.90 Å². The highest BCUT2D eigenvalue weighted by molar-refractivity contribution is 7.67. The fourth-order valence-electron chi connectivity index (χ4n) is 0.653. The third-order valence-corrected chi connectivity index (χ3v) is 3.19. The Morgan fingerprint density at radius 3 is 2.17 bits per heavy atom. The zero-order valence-electron chi connectivity index (χ0n) is 6.01. The molecule has 0 radical (unpaired) electrons. The van der Waals surface area contributed by atoms with Gasteiger partial charge in [0.25, 0.3) is 0 Å². The summed E-state index contributed by atoms with van der Waals surface area (Å²) in [7, 11) is 1.50. The first-order chi connectivity index (χ1) is 5.54. The normalized spacial score (nSPS) is 12.8. The van der Waals surface area contributed by atoms with Crippen molar-refractivity contribution >= 4 is 26.7 Å². The van der Waals surface area contributed by atoms with Crippen LogP contribution in [0.15, 0.2) is 9.59 Å². The van der Waals surface area contributed by atoms with Crippen molar-refractivity contribution in [1.82, 2.24) is 4.57 Å². The van der Waals surface area contributed by atoms with Crippen molar-refractivity contribution in [3.8, 4) is 0 Å². The molecular weight excluding hydrogens is 202 g/mol. The van der Waals surface area contributed by atoms with Gasteiger partial charge in [-0.05, 0) is 27.6 Å². The lowest BCUT2D eigenvalue weighted by Crippen LogP contribution is -2.31. The summed E-state index contributed by atoms with van der Waals surface area (Å²) >= 11 is 0. The van der Waals surface area contributed by atoms with Crippen LogP contribution in [0.5, 0.6) is 0 Å². The second kappa shape index (κ2) is 3.20. The van der Waals surface area contributed by atoms with E-state index in [0.717, 1.165) is 25.2 Å². The van der Waals surface area contributed by atoms with Gasteiger partial charge in [-0.3, -0.25) is 9.59 Å². The molecule has 0 fully saturated rings. The van der Waals surface area contributed by atoms with E-state index in [9.17, 15) is 14.4 Å². The summed E-state index contributed by atoms with van der Waals surface area (Å²) in [5.74, 6) is -1.18. The third-order valence-electron chi connectivity index (χ3n) is 1.32. The molecule has 0 aliphatic rings. The zero-order chi connectivity index (χ0) is 9.30. The van der Waals surface area contributed by atoms with E-state index in [2.05, 4.69) is 0 Å². The van der Waals surface area contributed by atoms with Crippen molar-refractivity contribution in [2.45, 2.75) is 13.0 Å². The Balaban J connectivity index is 3.27. The van der Waals surface area contributed by atoms with Crippen LogP contribution < -0.4 is 9.75 Å². The van der Waals surface area contributed by atoms with E-state index in [1.807, 2.05) is 0 Å². The molecule has 1 aromatic rings. The van der Waals surface area contributed by atoms with Crippen LogP contribution in [-0.2, 0) is 4.79 Å². The molecule has 0 aliphatic heterocycles. The second-order valence-electron chi connectivity index (χ2n) is 2.08. The van der Waals surface area contributed by atoms with E-state index in [1.54, 1.807) is 0 Å². The summed E-state index contributed by atoms with van der Waals surface area (Å²) in [6.07, 6.45) is 0. The number of aromatic nitrogens is 1. The molecule has 1 N–H and O–H groups in total. The van der Waals surface area contributed by atoms with Crippen LogP contribution in [0, 0.1) is 0 Å². The van der Waals surface area contributed by atoms with Crippen LogP contribution in [0.2, 0.25) is 0 Å². The molecule has 0 unspecified atom stereocenters. The van der Waals surface area contributed by atoms with Crippen LogP contribution in [-0.4, -0.2) is 15.6 Å². The first-order valence-corrected chi connectivity index (χ1v) is 5.13. The van der Waals surface area contributed by atoms with Gasteiger partial charge >= 0.3 is 15.7 Å². The minimum absolute atomic E-state index is 0.514. The minimum Gasteiger partial charge on any atom is -0.480 e. The number of carboxylic acids is 1. The maximum atomic E-state index is 10.9. The lowest BCUT2D eigenvalue weighted by atomic mass is 10.3. The van der Waals surface area contributed by atoms with Crippen LogP contribution >= 0.6 is 20.7 Å². The maximum absolute atomic E-state index is 10.9. The molecule has 5 nitrogen and oxygen atoms in total. The lowest BCUT2D eigenvalue weighted by Gasteiger charge is -2.02. The predicted octanol–water partition coefficient (Wildman–Crippen LogP) is -0.0229. The van der Waals surface area contributed by atoms with E-state index in [0.29, 0.717) is 0 Å². The molecule has 66 valence electrons. The summed E-state index contributed by atoms with van der Waals surface area (Å²) in [5.41, 5.74) is 0. The summed E-state index contributed by atoms with van der Waals surface area (Å²) in [6.45, 7) is 1.30. The number of nitrogens with zero attached hydrogens (tertiary/aromatic N) is 1. The van der Waals surface area contributed by atoms with E-state index >= 15 is 0 Å².